The molecular formula is C22H14I2. The predicted octanol–water partition coefficient (Wildman–Crippen LogP) is 7.56. The highest BCUT2D eigenvalue weighted by Gasteiger charge is 2.18. The van der Waals surface area contributed by atoms with Gasteiger partial charge >= 0.3 is 0 Å². The van der Waals surface area contributed by atoms with E-state index in [-0.39, 0.29) is 0 Å². The molecule has 5 aromatic rings. The molecule has 0 aliphatic rings. The quantitative estimate of drug-likeness (QED) is 0.110. The number of hydrogen-bond acceptors (Lipinski definition) is 0. The van der Waals surface area contributed by atoms with E-state index in [1.54, 1.807) is 0 Å². The van der Waals surface area contributed by atoms with Gasteiger partial charge in [0.05, 0.1) is 0 Å². The average molecular weight is 532 g/mol. The summed E-state index contributed by atoms with van der Waals surface area (Å²) < 4.78 is 2.68. The number of rotatable bonds is 0. The predicted molar refractivity (Wildman–Crippen MR) is 123 cm³/mol. The van der Waals surface area contributed by atoms with E-state index in [1.807, 2.05) is 0 Å². The van der Waals surface area contributed by atoms with Crippen LogP contribution in [0.1, 0.15) is 11.1 Å². The fraction of sp³-hybridized carbons (Fsp3) is 0.0909. The van der Waals surface area contributed by atoms with Gasteiger partial charge in [0.2, 0.25) is 0 Å². The summed E-state index contributed by atoms with van der Waals surface area (Å²) in [6, 6.07) is 18.2. The summed E-state index contributed by atoms with van der Waals surface area (Å²) >= 11 is 4.97. The Bertz CT molecular complexity index is 1280. The standard InChI is InChI=1S/C22H14I2/c1-11-6-7-13-4-3-5-14-19-12(2)10-17(24)22-16(23)9-8-15(21(19)22)18(11)20(13)14/h3-10H,1-2H3. The topological polar surface area (TPSA) is 0 Å². The van der Waals surface area contributed by atoms with Crippen molar-refractivity contribution in [1.82, 2.24) is 0 Å². The van der Waals surface area contributed by atoms with Gasteiger partial charge in [-0.25, -0.2) is 0 Å². The van der Waals surface area contributed by atoms with Gasteiger partial charge in [-0.3, -0.25) is 0 Å². The van der Waals surface area contributed by atoms with Crippen molar-refractivity contribution in [3.05, 3.63) is 66.8 Å². The van der Waals surface area contributed by atoms with Crippen LogP contribution in [-0.4, -0.2) is 0 Å². The van der Waals surface area contributed by atoms with Crippen molar-refractivity contribution in [3.63, 3.8) is 0 Å². The molecule has 0 amide bonds. The van der Waals surface area contributed by atoms with Crippen LogP contribution in [0.4, 0.5) is 0 Å². The fourth-order valence-electron chi connectivity index (χ4n) is 4.20. The lowest BCUT2D eigenvalue weighted by Crippen LogP contribution is -1.94. The van der Waals surface area contributed by atoms with E-state index in [0.29, 0.717) is 0 Å². The smallest absolute Gasteiger partial charge is 0.0222 e. The fourth-order valence-corrected chi connectivity index (χ4v) is 6.48. The molecule has 24 heavy (non-hydrogen) atoms. The highest BCUT2D eigenvalue weighted by atomic mass is 127. The SMILES string of the molecule is Cc1ccc2cccc3c4c(C)cc(I)c5c(I)ccc(c1c23)c54. The second-order valence-corrected chi connectivity index (χ2v) is 8.88. The Kier molecular flexibility index (Phi) is 3.27. The van der Waals surface area contributed by atoms with Crippen molar-refractivity contribution < 1.29 is 0 Å². The van der Waals surface area contributed by atoms with Crippen LogP contribution in [0.2, 0.25) is 0 Å². The summed E-state index contributed by atoms with van der Waals surface area (Å²) in [6.07, 6.45) is 0. The second kappa shape index (κ2) is 5.18. The third-order valence-electron chi connectivity index (χ3n) is 5.17. The van der Waals surface area contributed by atoms with Gasteiger partial charge in [-0.05, 0) is 120 Å². The minimum absolute atomic E-state index is 1.33. The van der Waals surface area contributed by atoms with E-state index in [1.165, 1.54) is 61.4 Å². The van der Waals surface area contributed by atoms with Crippen molar-refractivity contribution in [2.45, 2.75) is 13.8 Å². The lowest BCUT2D eigenvalue weighted by molar-refractivity contribution is 1.52. The van der Waals surface area contributed by atoms with Gasteiger partial charge in [-0.15, -0.1) is 0 Å². The maximum Gasteiger partial charge on any atom is 0.0222 e. The highest BCUT2D eigenvalue weighted by molar-refractivity contribution is 14.1. The molecule has 0 aliphatic carbocycles. The Morgan fingerprint density at radius 2 is 1.33 bits per heavy atom. The van der Waals surface area contributed by atoms with Crippen molar-refractivity contribution in [3.8, 4) is 0 Å². The molecule has 0 radical (unpaired) electrons. The molecule has 5 rings (SSSR count). The van der Waals surface area contributed by atoms with Crippen LogP contribution >= 0.6 is 45.2 Å². The van der Waals surface area contributed by atoms with Crippen molar-refractivity contribution in [1.29, 1.82) is 0 Å². The Labute approximate surface area is 167 Å². The monoisotopic (exact) mass is 532 g/mol. The second-order valence-electron chi connectivity index (χ2n) is 6.56. The van der Waals surface area contributed by atoms with Crippen LogP contribution in [0.3, 0.4) is 0 Å². The van der Waals surface area contributed by atoms with Crippen LogP contribution in [0.15, 0.2) is 48.5 Å². The van der Waals surface area contributed by atoms with E-state index in [4.69, 9.17) is 0 Å². The van der Waals surface area contributed by atoms with Gasteiger partial charge in [-0.1, -0.05) is 36.4 Å². The lowest BCUT2D eigenvalue weighted by atomic mass is 9.86. The van der Waals surface area contributed by atoms with Crippen LogP contribution < -0.4 is 0 Å². The summed E-state index contributed by atoms with van der Waals surface area (Å²) in [5.74, 6) is 0. The maximum atomic E-state index is 2.49. The Balaban J connectivity index is 2.32. The Hall–Kier alpha value is -1.14. The summed E-state index contributed by atoms with van der Waals surface area (Å²) in [6.45, 7) is 4.49. The summed E-state index contributed by atoms with van der Waals surface area (Å²) in [5, 5.41) is 11.2. The molecule has 0 aliphatic heterocycles. The Morgan fingerprint density at radius 1 is 0.583 bits per heavy atom. The van der Waals surface area contributed by atoms with Gasteiger partial charge in [0.15, 0.2) is 0 Å². The number of benzene rings is 5. The molecule has 0 N–H and O–H groups in total. The molecule has 0 nitrogen and oxygen atoms in total. The van der Waals surface area contributed by atoms with Crippen molar-refractivity contribution in [2.24, 2.45) is 0 Å². The number of aryl methyl sites for hydroxylation is 2. The van der Waals surface area contributed by atoms with Crippen LogP contribution in [0, 0.1) is 21.0 Å². The first-order chi connectivity index (χ1) is 11.6. The normalized spacial score (nSPS) is 12.2. The number of halogens is 2. The van der Waals surface area contributed by atoms with Crippen LogP contribution in [0.25, 0.3) is 43.1 Å². The van der Waals surface area contributed by atoms with Gasteiger partial charge in [0.25, 0.3) is 0 Å². The first-order valence-corrected chi connectivity index (χ1v) is 10.2. The lowest BCUT2D eigenvalue weighted by Gasteiger charge is -2.19. The van der Waals surface area contributed by atoms with Gasteiger partial charge < -0.3 is 0 Å². The van der Waals surface area contributed by atoms with E-state index in [0.717, 1.165) is 0 Å². The minimum atomic E-state index is 1.33. The molecule has 116 valence electrons. The zero-order valence-electron chi connectivity index (χ0n) is 13.4. The largest absolute Gasteiger partial charge is 0.0610 e. The molecule has 5 aromatic carbocycles. The van der Waals surface area contributed by atoms with Gasteiger partial charge in [-0.2, -0.15) is 0 Å². The molecule has 0 fully saturated rings. The number of hydrogen-bond donors (Lipinski definition) is 0. The van der Waals surface area contributed by atoms with E-state index in [9.17, 15) is 0 Å². The van der Waals surface area contributed by atoms with Crippen LogP contribution in [0.5, 0.6) is 0 Å². The molecule has 0 unspecified atom stereocenters. The molecule has 0 saturated carbocycles. The van der Waals surface area contributed by atoms with Gasteiger partial charge in [0, 0.05) is 12.5 Å². The van der Waals surface area contributed by atoms with Gasteiger partial charge in [0.1, 0.15) is 0 Å². The first-order valence-electron chi connectivity index (χ1n) is 8.02. The molecule has 0 bridgehead atoms. The van der Waals surface area contributed by atoms with E-state index < -0.39 is 0 Å². The average Bonchev–Trinajstić information content (AvgIpc) is 2.56. The Morgan fingerprint density at radius 3 is 2.17 bits per heavy atom. The summed E-state index contributed by atoms with van der Waals surface area (Å²) in [4.78, 5) is 0. The molecule has 0 aromatic heterocycles. The summed E-state index contributed by atoms with van der Waals surface area (Å²) in [7, 11) is 0. The molecule has 0 atom stereocenters. The molecule has 0 spiro atoms. The molecule has 2 heteroatoms. The zero-order valence-corrected chi connectivity index (χ0v) is 17.7. The number of fused-ring (bicyclic) bond motifs is 2. The third-order valence-corrected chi connectivity index (χ3v) is 6.92. The van der Waals surface area contributed by atoms with Crippen LogP contribution in [-0.2, 0) is 0 Å². The third kappa shape index (κ3) is 1.84. The van der Waals surface area contributed by atoms with E-state index >= 15 is 0 Å². The highest BCUT2D eigenvalue weighted by Crippen LogP contribution is 2.44. The maximum absolute atomic E-state index is 2.49. The molecule has 0 heterocycles. The van der Waals surface area contributed by atoms with E-state index in [2.05, 4.69) is 108 Å². The minimum Gasteiger partial charge on any atom is -0.0610 e. The summed E-state index contributed by atoms with van der Waals surface area (Å²) in [5.41, 5.74) is 2.73. The molecular weight excluding hydrogens is 518 g/mol. The first kappa shape index (κ1) is 15.1. The van der Waals surface area contributed by atoms with Crippen molar-refractivity contribution >= 4 is 88.3 Å². The molecule has 0 saturated heterocycles. The van der Waals surface area contributed by atoms with Crippen molar-refractivity contribution in [2.75, 3.05) is 0 Å². The zero-order chi connectivity index (χ0) is 16.6.